The van der Waals surface area contributed by atoms with E-state index in [1.165, 1.54) is 36.7 Å². The number of carbonyl (C=O) groups excluding carboxylic acids is 1. The normalized spacial score (nSPS) is 15.6. The number of hydrogen-bond acceptors (Lipinski definition) is 6. The zero-order chi connectivity index (χ0) is 30.6. The van der Waals surface area contributed by atoms with Crippen molar-refractivity contribution >= 4 is 22.5 Å². The number of hydrogen-bond donors (Lipinski definition) is 1. The van der Waals surface area contributed by atoms with Crippen molar-refractivity contribution in [2.24, 2.45) is 0 Å². The van der Waals surface area contributed by atoms with Crippen LogP contribution in [0.4, 0.5) is 14.5 Å². The highest BCUT2D eigenvalue weighted by Crippen LogP contribution is 2.45. The number of nitrogens with zero attached hydrogens (tertiary/aromatic N) is 6. The summed E-state index contributed by atoms with van der Waals surface area (Å²) >= 11 is 0. The lowest BCUT2D eigenvalue weighted by Gasteiger charge is -2.42. The van der Waals surface area contributed by atoms with E-state index in [4.69, 9.17) is 4.98 Å². The molecule has 0 saturated carbocycles. The average Bonchev–Trinajstić information content (AvgIpc) is 3.45. The van der Waals surface area contributed by atoms with Crippen LogP contribution >= 0.6 is 0 Å². The quantitative estimate of drug-likeness (QED) is 0.248. The van der Waals surface area contributed by atoms with Gasteiger partial charge in [0, 0.05) is 42.8 Å². The minimum Gasteiger partial charge on any atom is -0.507 e. The van der Waals surface area contributed by atoms with Gasteiger partial charge in [0.25, 0.3) is 0 Å². The molecule has 0 aliphatic carbocycles. The summed E-state index contributed by atoms with van der Waals surface area (Å²) in [5.74, 6) is -1.37. The number of imidazole rings is 1. The molecule has 4 heterocycles. The number of carbonyl (C=O) groups is 1. The van der Waals surface area contributed by atoms with Crippen LogP contribution in [0.1, 0.15) is 37.9 Å². The largest absolute Gasteiger partial charge is 0.507 e. The van der Waals surface area contributed by atoms with Crippen LogP contribution in [0.5, 0.6) is 5.75 Å². The minimum atomic E-state index is -0.740. The Hall–Kier alpha value is -4.86. The summed E-state index contributed by atoms with van der Waals surface area (Å²) in [5.41, 5.74) is 4.01. The summed E-state index contributed by atoms with van der Waals surface area (Å²) in [4.78, 5) is 30.3. The number of aromatic hydroxyl groups is 1. The summed E-state index contributed by atoms with van der Waals surface area (Å²) in [7, 11) is 0. The third kappa shape index (κ3) is 4.57. The Morgan fingerprint density at radius 1 is 1.09 bits per heavy atom. The van der Waals surface area contributed by atoms with Gasteiger partial charge < -0.3 is 14.9 Å². The van der Waals surface area contributed by atoms with Crippen molar-refractivity contribution in [2.75, 3.05) is 24.5 Å². The summed E-state index contributed by atoms with van der Waals surface area (Å²) in [5, 5.41) is 11.2. The first-order valence-electron chi connectivity index (χ1n) is 14.2. The number of phenols is 1. The van der Waals surface area contributed by atoms with E-state index in [9.17, 15) is 9.90 Å². The standard InChI is InChI=1S/C33H32F2N6O2/c1-6-27(43)39-12-13-40(20(5)16-39)32-22-14-24(35)21(28-23(34)8-7-9-26(28)42)15-25(22)41(33-30(32)37-17-38-33)31-19(4)10-11-36-29(31)18(2)3/h6-11,14-15,17-18,20,42H,1,12-13,16H2,2-5H3/t20-/m0/s1. The number of pyridine rings is 2. The minimum absolute atomic E-state index is 0.0427. The second-order valence-electron chi connectivity index (χ2n) is 11.3. The van der Waals surface area contributed by atoms with Gasteiger partial charge in [0.1, 0.15) is 29.4 Å². The van der Waals surface area contributed by atoms with Crippen LogP contribution in [0, 0.1) is 18.6 Å². The zero-order valence-electron chi connectivity index (χ0n) is 24.5. The van der Waals surface area contributed by atoms with Gasteiger partial charge in [0.05, 0.1) is 28.1 Å². The van der Waals surface area contributed by atoms with Gasteiger partial charge in [-0.3, -0.25) is 14.3 Å². The van der Waals surface area contributed by atoms with Crippen molar-refractivity contribution in [3.05, 3.63) is 84.5 Å². The van der Waals surface area contributed by atoms with E-state index in [2.05, 4.69) is 21.4 Å². The molecule has 1 saturated heterocycles. The number of aryl methyl sites for hydroxylation is 1. The van der Waals surface area contributed by atoms with Gasteiger partial charge in [0.2, 0.25) is 5.91 Å². The van der Waals surface area contributed by atoms with Gasteiger partial charge in [-0.05, 0) is 61.7 Å². The Morgan fingerprint density at radius 3 is 2.58 bits per heavy atom. The first-order chi connectivity index (χ1) is 20.6. The molecule has 220 valence electrons. The van der Waals surface area contributed by atoms with Crippen LogP contribution in [0.2, 0.25) is 0 Å². The monoisotopic (exact) mass is 582 g/mol. The highest BCUT2D eigenvalue weighted by molar-refractivity contribution is 6.03. The molecule has 8 nitrogen and oxygen atoms in total. The summed E-state index contributed by atoms with van der Waals surface area (Å²) in [6.07, 6.45) is 4.54. The van der Waals surface area contributed by atoms with Gasteiger partial charge in [-0.15, -0.1) is 0 Å². The Labute approximate surface area is 248 Å². The fraction of sp³-hybridized carbons (Fsp3) is 0.273. The molecule has 0 radical (unpaired) electrons. The summed E-state index contributed by atoms with van der Waals surface area (Å²) in [6.45, 7) is 13.1. The van der Waals surface area contributed by atoms with E-state index in [1.54, 1.807) is 17.2 Å². The van der Waals surface area contributed by atoms with Crippen LogP contribution in [0.25, 0.3) is 39.2 Å². The highest BCUT2D eigenvalue weighted by atomic mass is 19.1. The number of rotatable bonds is 5. The van der Waals surface area contributed by atoms with Crippen molar-refractivity contribution in [2.45, 2.75) is 39.7 Å². The lowest BCUT2D eigenvalue weighted by atomic mass is 9.97. The molecule has 1 atom stereocenters. The van der Waals surface area contributed by atoms with Crippen LogP contribution in [-0.4, -0.2) is 61.1 Å². The SMILES string of the molecule is C=CC(=O)N1CCN(c2c3ncnc-3n(-c3c(C)ccnc3C(C)C)c3cc(-c4c(O)cccc4F)c(F)cc23)[C@@H](C)C1. The molecule has 3 aliphatic heterocycles. The van der Waals surface area contributed by atoms with E-state index in [0.717, 1.165) is 16.9 Å². The maximum atomic E-state index is 16.2. The van der Waals surface area contributed by atoms with E-state index in [1.807, 2.05) is 38.3 Å². The average molecular weight is 583 g/mol. The number of halogens is 2. The third-order valence-electron chi connectivity index (χ3n) is 8.18. The van der Waals surface area contributed by atoms with Crippen molar-refractivity contribution in [1.29, 1.82) is 0 Å². The highest BCUT2D eigenvalue weighted by Gasteiger charge is 2.34. The maximum Gasteiger partial charge on any atom is 0.246 e. The van der Waals surface area contributed by atoms with Crippen molar-refractivity contribution in [3.8, 4) is 34.1 Å². The van der Waals surface area contributed by atoms with Crippen LogP contribution in [0.3, 0.4) is 0 Å². The predicted molar refractivity (Wildman–Crippen MR) is 163 cm³/mol. The third-order valence-corrected chi connectivity index (χ3v) is 8.18. The molecule has 43 heavy (non-hydrogen) atoms. The lowest BCUT2D eigenvalue weighted by Crippen LogP contribution is -2.53. The van der Waals surface area contributed by atoms with Crippen LogP contribution < -0.4 is 4.90 Å². The molecule has 0 spiro atoms. The molecule has 0 unspecified atom stereocenters. The van der Waals surface area contributed by atoms with Crippen molar-refractivity contribution < 1.29 is 18.7 Å². The van der Waals surface area contributed by atoms with E-state index >= 15 is 8.78 Å². The predicted octanol–water partition coefficient (Wildman–Crippen LogP) is 6.23. The topological polar surface area (TPSA) is 87.4 Å². The molecule has 6 rings (SSSR count). The van der Waals surface area contributed by atoms with Crippen molar-refractivity contribution in [3.63, 3.8) is 0 Å². The van der Waals surface area contributed by atoms with E-state index in [-0.39, 0.29) is 34.7 Å². The molecule has 1 aromatic heterocycles. The molecular weight excluding hydrogens is 550 g/mol. The summed E-state index contributed by atoms with van der Waals surface area (Å²) < 4.78 is 33.2. The molecule has 3 aromatic rings. The maximum absolute atomic E-state index is 16.2. The summed E-state index contributed by atoms with van der Waals surface area (Å²) in [6, 6.07) is 8.62. The molecule has 3 aliphatic rings. The van der Waals surface area contributed by atoms with E-state index in [0.29, 0.717) is 47.7 Å². The number of piperazine rings is 1. The molecule has 2 aromatic carbocycles. The first kappa shape index (κ1) is 28.3. The number of fused-ring (bicyclic) bond motifs is 2. The fourth-order valence-corrected chi connectivity index (χ4v) is 6.16. The second kappa shape index (κ2) is 10.8. The Bertz CT molecular complexity index is 1850. The number of amides is 1. The zero-order valence-corrected chi connectivity index (χ0v) is 24.5. The number of phenolic OH excluding ortho intramolecular Hbond substituents is 1. The number of aromatic nitrogens is 4. The van der Waals surface area contributed by atoms with Crippen LogP contribution in [0.15, 0.2) is 61.6 Å². The van der Waals surface area contributed by atoms with E-state index < -0.39 is 11.6 Å². The van der Waals surface area contributed by atoms with Gasteiger partial charge >= 0.3 is 0 Å². The van der Waals surface area contributed by atoms with Gasteiger partial charge in [-0.1, -0.05) is 26.5 Å². The second-order valence-corrected chi connectivity index (χ2v) is 11.3. The Balaban J connectivity index is 1.72. The molecule has 1 fully saturated rings. The fourth-order valence-electron chi connectivity index (χ4n) is 6.16. The molecule has 0 bridgehead atoms. The number of anilines is 1. The molecular formula is C33H32F2N6O2. The lowest BCUT2D eigenvalue weighted by molar-refractivity contribution is -0.126. The number of benzene rings is 2. The van der Waals surface area contributed by atoms with Gasteiger partial charge in [-0.25, -0.2) is 18.7 Å². The molecule has 1 N–H and O–H groups in total. The van der Waals surface area contributed by atoms with Gasteiger partial charge in [-0.2, -0.15) is 0 Å². The Morgan fingerprint density at radius 2 is 1.88 bits per heavy atom. The smallest absolute Gasteiger partial charge is 0.246 e. The Kier molecular flexibility index (Phi) is 7.07. The van der Waals surface area contributed by atoms with Crippen LogP contribution in [-0.2, 0) is 4.79 Å². The van der Waals surface area contributed by atoms with Crippen molar-refractivity contribution in [1.82, 2.24) is 24.4 Å². The van der Waals surface area contributed by atoms with Gasteiger partial charge in [0.15, 0.2) is 5.82 Å². The molecule has 10 heteroatoms. The molecule has 1 amide bonds. The first-order valence-corrected chi connectivity index (χ1v) is 14.2.